The lowest BCUT2D eigenvalue weighted by Gasteiger charge is -2.23. The summed E-state index contributed by atoms with van der Waals surface area (Å²) >= 11 is 0. The van der Waals surface area contributed by atoms with Gasteiger partial charge in [-0.1, -0.05) is 97.1 Å². The predicted molar refractivity (Wildman–Crippen MR) is 165 cm³/mol. The van der Waals surface area contributed by atoms with E-state index in [0.717, 1.165) is 17.1 Å². The van der Waals surface area contributed by atoms with E-state index in [1.54, 1.807) is 0 Å². The van der Waals surface area contributed by atoms with Crippen LogP contribution < -0.4 is 4.74 Å². The van der Waals surface area contributed by atoms with Crippen LogP contribution in [0.3, 0.4) is 0 Å². The summed E-state index contributed by atoms with van der Waals surface area (Å²) in [5, 5.41) is 12.6. The highest BCUT2D eigenvalue weighted by Crippen LogP contribution is 2.49. The first-order valence-corrected chi connectivity index (χ1v) is 13.4. The average molecular weight is 495 g/mol. The molecule has 0 aliphatic carbocycles. The number of rotatable bonds is 1. The Morgan fingerprint density at radius 2 is 1.03 bits per heavy atom. The van der Waals surface area contributed by atoms with Crippen LogP contribution in [0.2, 0.25) is 0 Å². The molecule has 0 saturated carbocycles. The van der Waals surface area contributed by atoms with Gasteiger partial charge in [0.15, 0.2) is 0 Å². The quantitative estimate of drug-likeness (QED) is 0.163. The lowest BCUT2D eigenvalue weighted by Crippen LogP contribution is -1.98. The van der Waals surface area contributed by atoms with Crippen molar-refractivity contribution in [2.24, 2.45) is 0 Å². The molecule has 0 unspecified atom stereocenters. The molecule has 0 fully saturated rings. The maximum Gasteiger partial charge on any atom is 0.136 e. The topological polar surface area (TPSA) is 9.23 Å². The monoisotopic (exact) mass is 494 g/mol. The Morgan fingerprint density at radius 1 is 0.333 bits per heavy atom. The first kappa shape index (κ1) is 20.9. The van der Waals surface area contributed by atoms with E-state index in [1.165, 1.54) is 70.6 Å². The van der Waals surface area contributed by atoms with Gasteiger partial charge in [-0.05, 0) is 102 Å². The average Bonchev–Trinajstić information content (AvgIpc) is 3.00. The standard InChI is InChI=1S/C38H22O/c1-3-8-30-23(6-1)12-15-28-18-25-14-13-24(19-29(25)21-34(28)30)26-16-17-36-35(20-26)33-11-5-10-32-31-9-4-2-7-27(31)22-37(39-36)38(32)33/h1-22H. The fourth-order valence-corrected chi connectivity index (χ4v) is 6.49. The number of fused-ring (bicyclic) bond motifs is 8. The Kier molecular flexibility index (Phi) is 4.11. The Labute approximate surface area is 225 Å². The summed E-state index contributed by atoms with van der Waals surface area (Å²) in [5.74, 6) is 1.84. The van der Waals surface area contributed by atoms with Crippen LogP contribution in [0.4, 0.5) is 0 Å². The highest BCUT2D eigenvalue weighted by Gasteiger charge is 2.22. The fourth-order valence-electron chi connectivity index (χ4n) is 6.49. The van der Waals surface area contributed by atoms with Crippen molar-refractivity contribution in [3.63, 3.8) is 0 Å². The Bertz CT molecular complexity index is 2310. The summed E-state index contributed by atoms with van der Waals surface area (Å²) in [6.45, 7) is 0. The van der Waals surface area contributed by atoms with Crippen LogP contribution in [-0.2, 0) is 0 Å². The van der Waals surface area contributed by atoms with E-state index in [9.17, 15) is 0 Å². The van der Waals surface area contributed by atoms with Crippen molar-refractivity contribution in [3.05, 3.63) is 133 Å². The zero-order chi connectivity index (χ0) is 25.5. The highest BCUT2D eigenvalue weighted by molar-refractivity contribution is 6.17. The number of hydrogen-bond acceptors (Lipinski definition) is 1. The second-order valence-electron chi connectivity index (χ2n) is 10.6. The van der Waals surface area contributed by atoms with Crippen molar-refractivity contribution in [2.75, 3.05) is 0 Å². The van der Waals surface area contributed by atoms with Gasteiger partial charge in [-0.2, -0.15) is 0 Å². The van der Waals surface area contributed by atoms with E-state index in [0.29, 0.717) is 0 Å². The van der Waals surface area contributed by atoms with Crippen LogP contribution in [0.1, 0.15) is 0 Å². The molecule has 39 heavy (non-hydrogen) atoms. The van der Waals surface area contributed by atoms with Crippen molar-refractivity contribution in [1.82, 2.24) is 0 Å². The van der Waals surface area contributed by atoms with Gasteiger partial charge < -0.3 is 4.74 Å². The minimum Gasteiger partial charge on any atom is -0.456 e. The van der Waals surface area contributed by atoms with E-state index in [-0.39, 0.29) is 0 Å². The molecule has 9 rings (SSSR count). The lowest BCUT2D eigenvalue weighted by molar-refractivity contribution is 0.488. The van der Waals surface area contributed by atoms with Gasteiger partial charge in [0.25, 0.3) is 0 Å². The largest absolute Gasteiger partial charge is 0.456 e. The normalized spacial score (nSPS) is 12.3. The first-order valence-electron chi connectivity index (χ1n) is 13.4. The SMILES string of the molecule is c1ccc2c(c1)ccc1cc3ccc(-c4ccc5c(c4)-c4cccc6c4c(cc4ccccc46)O5)cc3cc12. The smallest absolute Gasteiger partial charge is 0.136 e. The third-order valence-corrected chi connectivity index (χ3v) is 8.37. The maximum atomic E-state index is 6.51. The van der Waals surface area contributed by atoms with Gasteiger partial charge in [0.1, 0.15) is 11.5 Å². The summed E-state index contributed by atoms with van der Waals surface area (Å²) in [6, 6.07) is 48.5. The Balaban J connectivity index is 1.24. The summed E-state index contributed by atoms with van der Waals surface area (Å²) in [7, 11) is 0. The molecule has 0 aromatic heterocycles. The third-order valence-electron chi connectivity index (χ3n) is 8.37. The molecule has 8 aromatic carbocycles. The van der Waals surface area contributed by atoms with Gasteiger partial charge in [0.05, 0.1) is 0 Å². The second kappa shape index (κ2) is 7.69. The minimum absolute atomic E-state index is 0.910. The summed E-state index contributed by atoms with van der Waals surface area (Å²) < 4.78 is 6.51. The van der Waals surface area contributed by atoms with E-state index in [4.69, 9.17) is 4.74 Å². The Hall–Kier alpha value is -5.14. The molecule has 1 heteroatoms. The van der Waals surface area contributed by atoms with Crippen LogP contribution in [0.25, 0.3) is 76.1 Å². The van der Waals surface area contributed by atoms with E-state index >= 15 is 0 Å². The van der Waals surface area contributed by atoms with Crippen LogP contribution in [0.5, 0.6) is 11.5 Å². The number of ether oxygens (including phenoxy) is 1. The van der Waals surface area contributed by atoms with Gasteiger partial charge in [-0.3, -0.25) is 0 Å². The fraction of sp³-hybridized carbons (Fsp3) is 0. The first-order chi connectivity index (χ1) is 19.3. The molecule has 8 aromatic rings. The third kappa shape index (κ3) is 3.02. The second-order valence-corrected chi connectivity index (χ2v) is 10.6. The molecule has 1 aliphatic rings. The number of benzene rings is 8. The maximum absolute atomic E-state index is 6.51. The molecule has 0 saturated heterocycles. The number of hydrogen-bond donors (Lipinski definition) is 0. The van der Waals surface area contributed by atoms with Crippen molar-refractivity contribution >= 4 is 53.9 Å². The van der Waals surface area contributed by atoms with Crippen molar-refractivity contribution in [2.45, 2.75) is 0 Å². The summed E-state index contributed by atoms with van der Waals surface area (Å²) in [5.41, 5.74) is 4.78. The zero-order valence-corrected chi connectivity index (χ0v) is 21.1. The minimum atomic E-state index is 0.910. The van der Waals surface area contributed by atoms with Crippen molar-refractivity contribution < 1.29 is 4.74 Å². The van der Waals surface area contributed by atoms with E-state index < -0.39 is 0 Å². The molecular weight excluding hydrogens is 472 g/mol. The highest BCUT2D eigenvalue weighted by atomic mass is 16.5. The van der Waals surface area contributed by atoms with Crippen molar-refractivity contribution in [1.29, 1.82) is 0 Å². The summed E-state index contributed by atoms with van der Waals surface area (Å²) in [6.07, 6.45) is 0. The molecule has 1 aliphatic heterocycles. The molecule has 1 heterocycles. The molecule has 0 radical (unpaired) electrons. The van der Waals surface area contributed by atoms with Gasteiger partial charge in [-0.15, -0.1) is 0 Å². The predicted octanol–water partition coefficient (Wildman–Crippen LogP) is 10.9. The van der Waals surface area contributed by atoms with Crippen LogP contribution in [-0.4, -0.2) is 0 Å². The Morgan fingerprint density at radius 3 is 1.95 bits per heavy atom. The zero-order valence-electron chi connectivity index (χ0n) is 21.1. The van der Waals surface area contributed by atoms with Gasteiger partial charge in [0.2, 0.25) is 0 Å². The molecule has 180 valence electrons. The molecular formula is C38H22O. The van der Waals surface area contributed by atoms with E-state index in [2.05, 4.69) is 133 Å². The van der Waals surface area contributed by atoms with Crippen molar-refractivity contribution in [3.8, 4) is 33.8 Å². The lowest BCUT2D eigenvalue weighted by atomic mass is 9.90. The van der Waals surface area contributed by atoms with E-state index in [1.807, 2.05) is 0 Å². The molecule has 0 N–H and O–H groups in total. The molecule has 0 spiro atoms. The van der Waals surface area contributed by atoms with Gasteiger partial charge in [-0.25, -0.2) is 0 Å². The van der Waals surface area contributed by atoms with Crippen LogP contribution >= 0.6 is 0 Å². The molecule has 0 bridgehead atoms. The summed E-state index contributed by atoms with van der Waals surface area (Å²) in [4.78, 5) is 0. The van der Waals surface area contributed by atoms with Crippen LogP contribution in [0.15, 0.2) is 133 Å². The van der Waals surface area contributed by atoms with Crippen LogP contribution in [0, 0.1) is 0 Å². The molecule has 1 nitrogen and oxygen atoms in total. The molecule has 0 amide bonds. The molecule has 0 atom stereocenters. The van der Waals surface area contributed by atoms with Gasteiger partial charge >= 0.3 is 0 Å². The van der Waals surface area contributed by atoms with Gasteiger partial charge in [0, 0.05) is 10.9 Å².